The van der Waals surface area contributed by atoms with Crippen LogP contribution < -0.4 is 0 Å². The van der Waals surface area contributed by atoms with Crippen LogP contribution in [0.25, 0.3) is 0 Å². The van der Waals surface area contributed by atoms with Gasteiger partial charge in [-0.3, -0.25) is 4.79 Å². The SMILES string of the molecule is CC#CCC(C)[C@@H](/C=C/[C@@H]1[C@@H](C/C=C\CCCC(=O)O)[C@@H](O)C[C@H]1OC1CCCCO1)OC1CCCCO1. The number of hydrogen-bond acceptors (Lipinski definition) is 6. The second-order valence-electron chi connectivity index (χ2n) is 10.9. The number of hydrogen-bond donors (Lipinski definition) is 2. The number of aliphatic carboxylic acids is 1. The number of allylic oxidation sites excluding steroid dienone is 2. The molecule has 8 atom stereocenters. The van der Waals surface area contributed by atoms with E-state index >= 15 is 0 Å². The molecule has 3 fully saturated rings. The van der Waals surface area contributed by atoms with E-state index in [2.05, 4.69) is 37.0 Å². The molecule has 3 rings (SSSR count). The number of ether oxygens (including phenoxy) is 4. The molecule has 1 aliphatic carbocycles. The van der Waals surface area contributed by atoms with Gasteiger partial charge in [-0.1, -0.05) is 31.2 Å². The van der Waals surface area contributed by atoms with E-state index in [1.54, 1.807) is 0 Å². The Morgan fingerprint density at radius 1 is 1.11 bits per heavy atom. The molecule has 0 amide bonds. The molecule has 7 nitrogen and oxygen atoms in total. The van der Waals surface area contributed by atoms with Crippen molar-refractivity contribution in [3.8, 4) is 11.8 Å². The van der Waals surface area contributed by atoms with Gasteiger partial charge in [0.2, 0.25) is 0 Å². The molecule has 0 aromatic carbocycles. The number of carboxylic acids is 1. The Morgan fingerprint density at radius 3 is 2.50 bits per heavy atom. The van der Waals surface area contributed by atoms with Crippen LogP contribution in [0.5, 0.6) is 0 Å². The van der Waals surface area contributed by atoms with Gasteiger partial charge in [-0.05, 0) is 76.5 Å². The molecule has 0 radical (unpaired) electrons. The molecular weight excluding hydrogens is 484 g/mol. The van der Waals surface area contributed by atoms with E-state index in [9.17, 15) is 9.90 Å². The van der Waals surface area contributed by atoms with Gasteiger partial charge in [-0.25, -0.2) is 0 Å². The first-order chi connectivity index (χ1) is 18.5. The van der Waals surface area contributed by atoms with Crippen LogP contribution in [-0.4, -0.2) is 60.3 Å². The Morgan fingerprint density at radius 2 is 1.84 bits per heavy atom. The van der Waals surface area contributed by atoms with E-state index in [1.807, 2.05) is 13.0 Å². The first-order valence-corrected chi connectivity index (χ1v) is 14.6. The van der Waals surface area contributed by atoms with Crippen molar-refractivity contribution in [1.29, 1.82) is 0 Å². The molecule has 2 N–H and O–H groups in total. The maximum atomic E-state index is 11.1. The van der Waals surface area contributed by atoms with Crippen LogP contribution in [0.3, 0.4) is 0 Å². The summed E-state index contributed by atoms with van der Waals surface area (Å²) in [5.74, 6) is 5.64. The second kappa shape index (κ2) is 17.1. The first-order valence-electron chi connectivity index (χ1n) is 14.6. The average Bonchev–Trinajstić information content (AvgIpc) is 3.21. The van der Waals surface area contributed by atoms with Crippen molar-refractivity contribution in [3.63, 3.8) is 0 Å². The fourth-order valence-corrected chi connectivity index (χ4v) is 5.57. The largest absolute Gasteiger partial charge is 0.481 e. The highest BCUT2D eigenvalue weighted by Gasteiger charge is 2.42. The summed E-state index contributed by atoms with van der Waals surface area (Å²) in [5, 5.41) is 19.9. The minimum Gasteiger partial charge on any atom is -0.481 e. The summed E-state index contributed by atoms with van der Waals surface area (Å²) in [5.41, 5.74) is 0. The number of carboxylic acid groups (broad SMARTS) is 1. The Bertz CT molecular complexity index is 801. The zero-order valence-electron chi connectivity index (χ0n) is 23.3. The topological polar surface area (TPSA) is 94.5 Å². The fraction of sp³-hybridized carbons (Fsp3) is 0.774. The molecule has 0 bridgehead atoms. The molecule has 2 saturated heterocycles. The van der Waals surface area contributed by atoms with E-state index in [0.717, 1.165) is 64.6 Å². The van der Waals surface area contributed by atoms with Crippen molar-refractivity contribution in [3.05, 3.63) is 24.3 Å². The quantitative estimate of drug-likeness (QED) is 0.170. The summed E-state index contributed by atoms with van der Waals surface area (Å²) in [6.07, 6.45) is 16.9. The fourth-order valence-electron chi connectivity index (χ4n) is 5.57. The summed E-state index contributed by atoms with van der Waals surface area (Å²) in [6.45, 7) is 5.47. The van der Waals surface area contributed by atoms with Gasteiger partial charge in [0.1, 0.15) is 0 Å². The monoisotopic (exact) mass is 532 g/mol. The third-order valence-electron chi connectivity index (χ3n) is 7.82. The molecular formula is C31H48O7. The highest BCUT2D eigenvalue weighted by Crippen LogP contribution is 2.40. The van der Waals surface area contributed by atoms with E-state index < -0.39 is 12.1 Å². The lowest BCUT2D eigenvalue weighted by Gasteiger charge is -2.31. The Labute approximate surface area is 228 Å². The average molecular weight is 533 g/mol. The van der Waals surface area contributed by atoms with Crippen LogP contribution in [0.1, 0.15) is 90.9 Å². The van der Waals surface area contributed by atoms with E-state index in [1.165, 1.54) is 0 Å². The summed E-state index contributed by atoms with van der Waals surface area (Å²) in [7, 11) is 0. The predicted octanol–water partition coefficient (Wildman–Crippen LogP) is 5.61. The van der Waals surface area contributed by atoms with Gasteiger partial charge in [0.05, 0.1) is 18.3 Å². The first kappa shape index (κ1) is 30.8. The van der Waals surface area contributed by atoms with Crippen molar-refractivity contribution in [1.82, 2.24) is 0 Å². The summed E-state index contributed by atoms with van der Waals surface area (Å²) >= 11 is 0. The normalized spacial score (nSPS) is 31.8. The standard InChI is InChI=1S/C31H48O7/c1-3-4-13-23(2)27(37-30-16-9-11-20-35-30)19-18-25-24(14-7-5-6-8-15-29(33)34)26(32)22-28(25)38-31-17-10-12-21-36-31/h5,7,18-19,23-28,30-32H,6,8-17,20-22H2,1-2H3,(H,33,34)/b7-5-,19-18+/t23?,24-,25-,26+,27-,28-,30?,31?/m1/s1. The lowest BCUT2D eigenvalue weighted by atomic mass is 9.88. The molecule has 1 saturated carbocycles. The second-order valence-corrected chi connectivity index (χ2v) is 10.9. The molecule has 0 aromatic heterocycles. The van der Waals surface area contributed by atoms with E-state index in [0.29, 0.717) is 19.3 Å². The van der Waals surface area contributed by atoms with Crippen LogP contribution in [-0.2, 0) is 23.7 Å². The lowest BCUT2D eigenvalue weighted by Crippen LogP contribution is -2.32. The van der Waals surface area contributed by atoms with Crippen LogP contribution in [0.2, 0.25) is 0 Å². The molecule has 7 heteroatoms. The zero-order chi connectivity index (χ0) is 27.2. The van der Waals surface area contributed by atoms with Gasteiger partial charge in [0.25, 0.3) is 0 Å². The Balaban J connectivity index is 1.72. The molecule has 0 spiro atoms. The molecule has 0 aromatic rings. The summed E-state index contributed by atoms with van der Waals surface area (Å²) in [4.78, 5) is 10.8. The van der Waals surface area contributed by atoms with Crippen LogP contribution in [0.15, 0.2) is 24.3 Å². The van der Waals surface area contributed by atoms with E-state index in [-0.39, 0.29) is 49.0 Å². The van der Waals surface area contributed by atoms with Gasteiger partial charge in [0.15, 0.2) is 12.6 Å². The smallest absolute Gasteiger partial charge is 0.303 e. The number of unbranched alkanes of at least 4 members (excludes halogenated alkanes) is 1. The third kappa shape index (κ3) is 10.5. The molecule has 2 aliphatic heterocycles. The summed E-state index contributed by atoms with van der Waals surface area (Å²) < 4.78 is 24.6. The van der Waals surface area contributed by atoms with Crippen molar-refractivity contribution in [2.24, 2.45) is 17.8 Å². The number of rotatable bonds is 14. The predicted molar refractivity (Wildman–Crippen MR) is 146 cm³/mol. The van der Waals surface area contributed by atoms with Gasteiger partial charge >= 0.3 is 5.97 Å². The maximum absolute atomic E-state index is 11.1. The van der Waals surface area contributed by atoms with Gasteiger partial charge < -0.3 is 29.2 Å². The molecule has 38 heavy (non-hydrogen) atoms. The minimum atomic E-state index is -0.769. The van der Waals surface area contributed by atoms with Crippen molar-refractivity contribution in [2.75, 3.05) is 13.2 Å². The molecule has 3 unspecified atom stereocenters. The third-order valence-corrected chi connectivity index (χ3v) is 7.82. The van der Waals surface area contributed by atoms with Gasteiger partial charge in [0, 0.05) is 38.4 Å². The van der Waals surface area contributed by atoms with E-state index in [4.69, 9.17) is 24.1 Å². The zero-order valence-corrected chi connectivity index (χ0v) is 23.3. The molecule has 2 heterocycles. The maximum Gasteiger partial charge on any atom is 0.303 e. The Hall–Kier alpha value is -1.69. The van der Waals surface area contributed by atoms with Gasteiger partial charge in [-0.2, -0.15) is 0 Å². The van der Waals surface area contributed by atoms with Crippen molar-refractivity contribution in [2.45, 2.75) is 122 Å². The highest BCUT2D eigenvalue weighted by atomic mass is 16.7. The molecule has 214 valence electrons. The van der Waals surface area contributed by atoms with Crippen LogP contribution in [0.4, 0.5) is 0 Å². The van der Waals surface area contributed by atoms with Crippen molar-refractivity contribution >= 4 is 5.97 Å². The van der Waals surface area contributed by atoms with Crippen LogP contribution in [0, 0.1) is 29.6 Å². The number of aliphatic hydroxyl groups is 1. The summed E-state index contributed by atoms with van der Waals surface area (Å²) in [6, 6.07) is 0. The van der Waals surface area contributed by atoms with Crippen molar-refractivity contribution < 1.29 is 34.0 Å². The van der Waals surface area contributed by atoms with Crippen LogP contribution >= 0.6 is 0 Å². The van der Waals surface area contributed by atoms with Gasteiger partial charge in [-0.15, -0.1) is 11.8 Å². The number of aliphatic hydroxyl groups excluding tert-OH is 1. The highest BCUT2D eigenvalue weighted by molar-refractivity contribution is 5.66. The lowest BCUT2D eigenvalue weighted by molar-refractivity contribution is -0.193. The Kier molecular flexibility index (Phi) is 13.9. The molecule has 3 aliphatic rings. The number of carbonyl (C=O) groups is 1. The minimum absolute atomic E-state index is 0.00730.